The standard InChI is InChI=1S/C34H60N6O12.4Na/c41-27(35-17-9-1-5-13-31(45)46)23-39(24-28(42)36-18-10-2-6-14-32(47)48)21-22-40(25-29(43)37-19-11-3-7-15-33(49)50)26-30(44)38-20-12-4-8-16-34(51)52;;;;/h1-26H2,(H,35,41)(H,36,42)(H,37,43)(H,38,44)(H,45,46)(H,47,48)(H,49,50)(H,51,52);;;;/q;4*+1/p-4. The second-order valence-corrected chi connectivity index (χ2v) is 12.6. The maximum Gasteiger partial charge on any atom is 1.00 e. The molecule has 0 saturated carbocycles. The van der Waals surface area contributed by atoms with Crippen molar-refractivity contribution in [3.63, 3.8) is 0 Å². The van der Waals surface area contributed by atoms with E-state index in [4.69, 9.17) is 0 Å². The molecule has 298 valence electrons. The Labute approximate surface area is 419 Å². The van der Waals surface area contributed by atoms with Gasteiger partial charge in [0.05, 0.1) is 26.2 Å². The molecule has 4 N–H and O–H groups in total. The Bertz CT molecular complexity index is 964. The molecule has 0 saturated heterocycles. The number of carbonyl (C=O) groups excluding carboxylic acids is 8. The van der Waals surface area contributed by atoms with Crippen molar-refractivity contribution in [2.45, 2.75) is 103 Å². The molecule has 0 aromatic heterocycles. The Balaban J connectivity index is -0.00000217. The average Bonchev–Trinajstić information content (AvgIpc) is 3.05. The summed E-state index contributed by atoms with van der Waals surface area (Å²) < 4.78 is 0. The molecule has 22 heteroatoms. The molecule has 0 unspecified atom stereocenters. The van der Waals surface area contributed by atoms with Crippen LogP contribution < -0.4 is 160 Å². The zero-order valence-electron chi connectivity index (χ0n) is 34.2. The zero-order valence-corrected chi connectivity index (χ0v) is 42.2. The second kappa shape index (κ2) is 44.2. The zero-order chi connectivity index (χ0) is 39.0. The van der Waals surface area contributed by atoms with Crippen LogP contribution in [-0.2, 0) is 38.4 Å². The molecule has 0 spiro atoms. The van der Waals surface area contributed by atoms with Crippen LogP contribution in [0.2, 0.25) is 0 Å². The first-order valence-corrected chi connectivity index (χ1v) is 18.1. The molecule has 0 aromatic carbocycles. The van der Waals surface area contributed by atoms with Crippen LogP contribution in [0.25, 0.3) is 0 Å². The van der Waals surface area contributed by atoms with Gasteiger partial charge >= 0.3 is 118 Å². The van der Waals surface area contributed by atoms with Crippen LogP contribution in [0, 0.1) is 0 Å². The number of hydrogen-bond acceptors (Lipinski definition) is 14. The van der Waals surface area contributed by atoms with Crippen LogP contribution in [0.15, 0.2) is 0 Å². The SMILES string of the molecule is O=C([O-])CCCCCNC(=O)CN(CCN(CC(=O)NCCCCCC(=O)[O-])CC(=O)NCCCCCC(=O)[O-])CC(=O)NCCCCCC(=O)[O-].[Na+].[Na+].[Na+].[Na+]. The number of nitrogens with one attached hydrogen (secondary N) is 4. The van der Waals surface area contributed by atoms with Gasteiger partial charge in [0.2, 0.25) is 23.6 Å². The Morgan fingerprint density at radius 3 is 0.696 bits per heavy atom. The molecule has 56 heavy (non-hydrogen) atoms. The van der Waals surface area contributed by atoms with Crippen LogP contribution in [-0.4, -0.2) is 123 Å². The van der Waals surface area contributed by atoms with E-state index >= 15 is 0 Å². The van der Waals surface area contributed by atoms with E-state index in [1.165, 1.54) is 0 Å². The summed E-state index contributed by atoms with van der Waals surface area (Å²) in [6.07, 6.45) is 5.83. The number of aliphatic carboxylic acids is 4. The number of rotatable bonds is 35. The molecule has 0 aliphatic carbocycles. The van der Waals surface area contributed by atoms with Crippen molar-refractivity contribution in [2.75, 3.05) is 65.4 Å². The Morgan fingerprint density at radius 2 is 0.518 bits per heavy atom. The summed E-state index contributed by atoms with van der Waals surface area (Å²) in [7, 11) is 0. The summed E-state index contributed by atoms with van der Waals surface area (Å²) in [5, 5.41) is 53.3. The van der Waals surface area contributed by atoms with E-state index in [0.29, 0.717) is 103 Å². The van der Waals surface area contributed by atoms with E-state index in [0.717, 1.165) is 0 Å². The van der Waals surface area contributed by atoms with E-state index in [1.54, 1.807) is 9.80 Å². The van der Waals surface area contributed by atoms with E-state index in [-0.39, 0.29) is 207 Å². The van der Waals surface area contributed by atoms with Gasteiger partial charge in [0.25, 0.3) is 0 Å². The molecule has 0 radical (unpaired) electrons. The number of carboxylic acid groups (broad SMARTS) is 4. The van der Waals surface area contributed by atoms with Gasteiger partial charge in [-0.05, 0) is 77.0 Å². The van der Waals surface area contributed by atoms with Crippen molar-refractivity contribution in [3.05, 3.63) is 0 Å². The number of nitrogens with zero attached hydrogens (tertiary/aromatic N) is 2. The van der Waals surface area contributed by atoms with Crippen molar-refractivity contribution >= 4 is 47.5 Å². The Kier molecular flexibility index (Phi) is 51.2. The average molecular weight is 833 g/mol. The molecule has 0 fully saturated rings. The molecule has 4 amide bonds. The van der Waals surface area contributed by atoms with Gasteiger partial charge in [-0.25, -0.2) is 0 Å². The number of carbonyl (C=O) groups is 8. The van der Waals surface area contributed by atoms with E-state index in [2.05, 4.69) is 21.3 Å². The fraction of sp³-hybridized carbons (Fsp3) is 0.765. The van der Waals surface area contributed by atoms with Gasteiger partial charge in [0.1, 0.15) is 0 Å². The third kappa shape index (κ3) is 46.4. The van der Waals surface area contributed by atoms with Gasteiger partial charge in [-0.15, -0.1) is 0 Å². The van der Waals surface area contributed by atoms with Crippen LogP contribution >= 0.6 is 0 Å². The van der Waals surface area contributed by atoms with Crippen molar-refractivity contribution in [3.8, 4) is 0 Å². The first-order chi connectivity index (χ1) is 24.8. The quantitative estimate of drug-likeness (QED) is 0.0341. The van der Waals surface area contributed by atoms with Gasteiger partial charge in [-0.1, -0.05) is 25.7 Å². The minimum atomic E-state index is -1.14. The summed E-state index contributed by atoms with van der Waals surface area (Å²) in [6, 6.07) is 0. The van der Waals surface area contributed by atoms with Gasteiger partial charge in [-0.2, -0.15) is 0 Å². The Hall–Kier alpha value is -0.320. The van der Waals surface area contributed by atoms with Gasteiger partial charge in [-0.3, -0.25) is 29.0 Å². The molecule has 0 rings (SSSR count). The van der Waals surface area contributed by atoms with Crippen LogP contribution in [0.3, 0.4) is 0 Å². The normalized spacial score (nSPS) is 10.1. The molecule has 0 heterocycles. The number of amides is 4. The van der Waals surface area contributed by atoms with Crippen LogP contribution in [0.5, 0.6) is 0 Å². The fourth-order valence-corrected chi connectivity index (χ4v) is 4.94. The molecule has 0 aliphatic heterocycles. The van der Waals surface area contributed by atoms with Gasteiger partial charge in [0, 0.05) is 63.1 Å². The monoisotopic (exact) mass is 832 g/mol. The third-order valence-electron chi connectivity index (χ3n) is 7.72. The molecule has 0 atom stereocenters. The topological polar surface area (TPSA) is 283 Å². The minimum absolute atomic E-state index is 0. The summed E-state index contributed by atoms with van der Waals surface area (Å²) in [6.45, 7) is 0.703. The smallest absolute Gasteiger partial charge is 0.550 e. The second-order valence-electron chi connectivity index (χ2n) is 12.6. The molecule has 0 aliphatic rings. The summed E-state index contributed by atoms with van der Waals surface area (Å²) in [5.74, 6) is -6.09. The predicted molar refractivity (Wildman–Crippen MR) is 179 cm³/mol. The van der Waals surface area contributed by atoms with E-state index in [1.807, 2.05) is 0 Å². The van der Waals surface area contributed by atoms with E-state index < -0.39 is 23.9 Å². The largest absolute Gasteiger partial charge is 1.00 e. The summed E-state index contributed by atoms with van der Waals surface area (Å²) in [4.78, 5) is 96.5. The molecular formula is C34H56N6Na4O12. The predicted octanol–water partition coefficient (Wildman–Crippen LogP) is -16.7. The maximum absolute atomic E-state index is 12.8. The number of unbranched alkanes of at least 4 members (excludes halogenated alkanes) is 8. The summed E-state index contributed by atoms with van der Waals surface area (Å²) in [5.41, 5.74) is 0. The maximum atomic E-state index is 12.8. The molecule has 0 aromatic rings. The Morgan fingerprint density at radius 1 is 0.321 bits per heavy atom. The van der Waals surface area contributed by atoms with E-state index in [9.17, 15) is 58.8 Å². The van der Waals surface area contributed by atoms with Crippen molar-refractivity contribution in [2.24, 2.45) is 0 Å². The van der Waals surface area contributed by atoms with Crippen molar-refractivity contribution in [1.29, 1.82) is 0 Å². The fourth-order valence-electron chi connectivity index (χ4n) is 4.94. The first kappa shape index (κ1) is 64.8. The van der Waals surface area contributed by atoms with Crippen molar-refractivity contribution < 1.29 is 177 Å². The van der Waals surface area contributed by atoms with Crippen molar-refractivity contribution in [1.82, 2.24) is 31.1 Å². The molecular weight excluding hydrogens is 776 g/mol. The van der Waals surface area contributed by atoms with Crippen LogP contribution in [0.1, 0.15) is 103 Å². The van der Waals surface area contributed by atoms with Crippen LogP contribution in [0.4, 0.5) is 0 Å². The van der Waals surface area contributed by atoms with Gasteiger partial charge < -0.3 is 60.9 Å². The minimum Gasteiger partial charge on any atom is -0.550 e. The third-order valence-corrected chi connectivity index (χ3v) is 7.72. The summed E-state index contributed by atoms with van der Waals surface area (Å²) >= 11 is 0. The van der Waals surface area contributed by atoms with Gasteiger partial charge in [0.15, 0.2) is 0 Å². The molecule has 18 nitrogen and oxygen atoms in total. The number of hydrogen-bond donors (Lipinski definition) is 4. The first-order valence-electron chi connectivity index (χ1n) is 18.1. The molecule has 0 bridgehead atoms. The number of carboxylic acids is 4.